The number of ether oxygens (including phenoxy) is 2. The van der Waals surface area contributed by atoms with E-state index in [2.05, 4.69) is 0 Å². The lowest BCUT2D eigenvalue weighted by Crippen LogP contribution is -2.48. The van der Waals surface area contributed by atoms with Gasteiger partial charge in [-0.1, -0.05) is 43.2 Å². The van der Waals surface area contributed by atoms with Gasteiger partial charge in [-0.2, -0.15) is 0 Å². The molecule has 3 atom stereocenters. The molecule has 2 aliphatic rings. The van der Waals surface area contributed by atoms with Crippen LogP contribution < -0.4 is 0 Å². The zero-order chi connectivity index (χ0) is 19.5. The predicted octanol–water partition coefficient (Wildman–Crippen LogP) is 2.58. The van der Waals surface area contributed by atoms with Crippen molar-refractivity contribution >= 4 is 28.9 Å². The van der Waals surface area contributed by atoms with Crippen LogP contribution in [0.25, 0.3) is 0 Å². The zero-order valence-electron chi connectivity index (χ0n) is 16.6. The number of carbonyl (C=O) groups is 2. The number of halogens is 1. The van der Waals surface area contributed by atoms with Crippen LogP contribution in [0.15, 0.2) is 30.3 Å². The predicted molar refractivity (Wildman–Crippen MR) is 110 cm³/mol. The summed E-state index contributed by atoms with van der Waals surface area (Å²) in [6.45, 7) is 1.55. The number of rotatable bonds is 6. The number of esters is 2. The molecular formula is C21H31BrNO5+. The molecule has 3 unspecified atom stereocenters. The molecule has 1 saturated heterocycles. The molecule has 0 bridgehead atoms. The molecule has 7 heteroatoms. The van der Waals surface area contributed by atoms with Crippen molar-refractivity contribution in [2.24, 2.45) is 5.92 Å². The summed E-state index contributed by atoms with van der Waals surface area (Å²) in [4.78, 5) is 24.8. The minimum atomic E-state index is -1.61. The van der Waals surface area contributed by atoms with Crippen molar-refractivity contribution in [3.8, 4) is 0 Å². The lowest BCUT2D eigenvalue weighted by molar-refractivity contribution is -0.891. The highest BCUT2D eigenvalue weighted by atomic mass is 79.9. The first-order chi connectivity index (χ1) is 12.9. The first-order valence-corrected chi connectivity index (χ1v) is 9.77. The second-order valence-corrected chi connectivity index (χ2v) is 8.19. The second kappa shape index (κ2) is 9.37. The molecule has 0 spiro atoms. The molecule has 28 heavy (non-hydrogen) atoms. The highest BCUT2D eigenvalue weighted by Crippen LogP contribution is 2.42. The molecule has 6 nitrogen and oxygen atoms in total. The van der Waals surface area contributed by atoms with Crippen LogP contribution in [0.1, 0.15) is 37.7 Å². The lowest BCUT2D eigenvalue weighted by Gasteiger charge is -2.33. The molecule has 0 radical (unpaired) electrons. The van der Waals surface area contributed by atoms with Gasteiger partial charge >= 0.3 is 11.9 Å². The van der Waals surface area contributed by atoms with Gasteiger partial charge in [-0.25, -0.2) is 9.59 Å². The van der Waals surface area contributed by atoms with Gasteiger partial charge in [-0.05, 0) is 18.4 Å². The van der Waals surface area contributed by atoms with Gasteiger partial charge in [0.05, 0.1) is 20.7 Å². The van der Waals surface area contributed by atoms with Gasteiger partial charge < -0.3 is 19.1 Å². The summed E-state index contributed by atoms with van der Waals surface area (Å²) >= 11 is 0. The van der Waals surface area contributed by atoms with Gasteiger partial charge in [0, 0.05) is 12.3 Å². The van der Waals surface area contributed by atoms with Crippen molar-refractivity contribution < 1.29 is 28.7 Å². The van der Waals surface area contributed by atoms with Crippen LogP contribution in [0, 0.1) is 5.92 Å². The van der Waals surface area contributed by atoms with Gasteiger partial charge in [0.2, 0.25) is 0 Å². The van der Waals surface area contributed by atoms with Crippen LogP contribution in [-0.4, -0.2) is 61.4 Å². The van der Waals surface area contributed by atoms with E-state index in [-0.39, 0.29) is 41.5 Å². The molecule has 1 N–H and O–H groups in total. The number of benzene rings is 1. The van der Waals surface area contributed by atoms with Crippen LogP contribution in [0.2, 0.25) is 0 Å². The molecule has 0 amide bonds. The number of nitrogens with zero attached hydrogens (tertiary/aromatic N) is 1. The topological polar surface area (TPSA) is 72.8 Å². The fourth-order valence-corrected chi connectivity index (χ4v) is 4.54. The second-order valence-electron chi connectivity index (χ2n) is 8.19. The van der Waals surface area contributed by atoms with E-state index in [9.17, 15) is 14.7 Å². The first-order valence-electron chi connectivity index (χ1n) is 9.77. The number of aliphatic hydroxyl groups is 1. The van der Waals surface area contributed by atoms with E-state index >= 15 is 0 Å². The van der Waals surface area contributed by atoms with Crippen molar-refractivity contribution in [1.82, 2.24) is 0 Å². The number of carbonyl (C=O) groups excluding carboxylic acids is 2. The Labute approximate surface area is 177 Å². The Morgan fingerprint density at radius 2 is 1.82 bits per heavy atom. The van der Waals surface area contributed by atoms with E-state index in [4.69, 9.17) is 9.47 Å². The third-order valence-electron chi connectivity index (χ3n) is 6.12. The number of hydrogen-bond acceptors (Lipinski definition) is 5. The van der Waals surface area contributed by atoms with Gasteiger partial charge in [0.25, 0.3) is 0 Å². The average molecular weight is 457 g/mol. The minimum absolute atomic E-state index is 0. The van der Waals surface area contributed by atoms with Crippen molar-refractivity contribution in [2.45, 2.75) is 43.8 Å². The van der Waals surface area contributed by atoms with E-state index in [1.165, 1.54) is 7.11 Å². The number of likely N-dealkylation sites (tertiary alicyclic amines) is 1. The quantitative estimate of drug-likeness (QED) is 0.525. The van der Waals surface area contributed by atoms with Crippen molar-refractivity contribution in [3.63, 3.8) is 0 Å². The van der Waals surface area contributed by atoms with Crippen LogP contribution in [0.5, 0.6) is 0 Å². The minimum Gasteiger partial charge on any atom is -0.465 e. The Morgan fingerprint density at radius 1 is 1.18 bits per heavy atom. The van der Waals surface area contributed by atoms with E-state index in [0.717, 1.165) is 32.2 Å². The summed E-state index contributed by atoms with van der Waals surface area (Å²) in [5.41, 5.74) is -1.00. The summed E-state index contributed by atoms with van der Waals surface area (Å²) in [7, 11) is 3.34. The summed E-state index contributed by atoms with van der Waals surface area (Å²) in [6.07, 6.45) is 4.05. The number of methoxy groups -OCH3 is 1. The third kappa shape index (κ3) is 4.75. The standard InChI is InChI=1S/C21H30NO5.BrH/c1-22(15-19(23)26-2)13-12-18(14-22)27-20(24)21(25,17-10-6-7-11-17)16-8-4-3-5-9-16;/h3-5,8-9,17-18,25H,6-7,10-15H2,1-2H3;1H/q+1;. The van der Waals surface area contributed by atoms with Crippen molar-refractivity contribution in [1.29, 1.82) is 0 Å². The molecule has 3 rings (SSSR count). The number of likely N-dealkylation sites (N-methyl/N-ethyl adjacent to an activating group) is 1. The number of quaternary nitrogens is 1. The highest BCUT2D eigenvalue weighted by molar-refractivity contribution is 8.93. The molecular weight excluding hydrogens is 426 g/mol. The van der Waals surface area contributed by atoms with Crippen LogP contribution in [-0.2, 0) is 24.7 Å². The average Bonchev–Trinajstić information content (AvgIpc) is 3.32. The SMILES string of the molecule is Br.COC(=O)C[N+]1(C)CCC(OC(=O)C(O)(c2ccccc2)C2CCCC2)C1. The van der Waals surface area contributed by atoms with Crippen LogP contribution >= 0.6 is 17.0 Å². The van der Waals surface area contributed by atoms with Crippen molar-refractivity contribution in [2.75, 3.05) is 33.8 Å². The van der Waals surface area contributed by atoms with Gasteiger partial charge in [-0.15, -0.1) is 17.0 Å². The summed E-state index contributed by atoms with van der Waals surface area (Å²) < 4.78 is 11.1. The molecule has 1 saturated carbocycles. The highest BCUT2D eigenvalue weighted by Gasteiger charge is 2.49. The Hall–Kier alpha value is -1.44. The Morgan fingerprint density at radius 3 is 2.43 bits per heavy atom. The Bertz CT molecular complexity index is 679. The van der Waals surface area contributed by atoms with E-state index in [0.29, 0.717) is 23.0 Å². The van der Waals surface area contributed by atoms with Crippen LogP contribution in [0.4, 0.5) is 0 Å². The van der Waals surface area contributed by atoms with Gasteiger partial charge in [0.15, 0.2) is 18.2 Å². The maximum Gasteiger partial charge on any atom is 0.361 e. The van der Waals surface area contributed by atoms with Crippen molar-refractivity contribution in [3.05, 3.63) is 35.9 Å². The molecule has 1 heterocycles. The third-order valence-corrected chi connectivity index (χ3v) is 6.12. The van der Waals surface area contributed by atoms with Gasteiger partial charge in [0.1, 0.15) is 6.54 Å². The molecule has 156 valence electrons. The number of hydrogen-bond donors (Lipinski definition) is 1. The van der Waals surface area contributed by atoms with Gasteiger partial charge in [-0.3, -0.25) is 0 Å². The van der Waals surface area contributed by atoms with E-state index in [1.807, 2.05) is 25.2 Å². The first kappa shape index (κ1) is 22.8. The fraction of sp³-hybridized carbons (Fsp3) is 0.619. The normalized spacial score (nSPS) is 26.9. The summed E-state index contributed by atoms with van der Waals surface area (Å²) in [5.74, 6) is -0.946. The van der Waals surface area contributed by atoms with Crippen LogP contribution in [0.3, 0.4) is 0 Å². The lowest BCUT2D eigenvalue weighted by atomic mass is 9.80. The summed E-state index contributed by atoms with van der Waals surface area (Å²) in [6, 6.07) is 9.14. The Kier molecular flexibility index (Phi) is 7.65. The molecule has 1 aliphatic carbocycles. The molecule has 1 aromatic carbocycles. The molecule has 1 aliphatic heterocycles. The maximum atomic E-state index is 13.1. The Balaban J connectivity index is 0.00000280. The monoisotopic (exact) mass is 456 g/mol. The zero-order valence-corrected chi connectivity index (χ0v) is 18.3. The molecule has 0 aromatic heterocycles. The molecule has 2 fully saturated rings. The summed E-state index contributed by atoms with van der Waals surface area (Å²) in [5, 5.41) is 11.5. The van der Waals surface area contributed by atoms with E-state index < -0.39 is 11.6 Å². The molecule has 1 aromatic rings. The smallest absolute Gasteiger partial charge is 0.361 e. The van der Waals surface area contributed by atoms with E-state index in [1.54, 1.807) is 12.1 Å². The maximum absolute atomic E-state index is 13.1. The fourth-order valence-electron chi connectivity index (χ4n) is 4.54. The largest absolute Gasteiger partial charge is 0.465 e.